The molecule has 34 heavy (non-hydrogen) atoms. The van der Waals surface area contributed by atoms with Crippen molar-refractivity contribution in [1.29, 1.82) is 0 Å². The Kier molecular flexibility index (Phi) is 6.04. The van der Waals surface area contributed by atoms with Crippen LogP contribution < -0.4 is 15.5 Å². The highest BCUT2D eigenvalue weighted by Gasteiger charge is 2.25. The van der Waals surface area contributed by atoms with Gasteiger partial charge in [-0.2, -0.15) is 5.10 Å². The van der Waals surface area contributed by atoms with Gasteiger partial charge in [0.2, 0.25) is 0 Å². The number of hydrogen-bond acceptors (Lipinski definition) is 5. The van der Waals surface area contributed by atoms with Crippen molar-refractivity contribution in [1.82, 2.24) is 25.7 Å². The standard InChI is InChI=1S/C26H30N6O2/c1-3-27-26(34)32-12-10-31(11-13-32)24-22-9-6-18(14-20(22)16-28-30-24)23-15-19(5-4-17(23)2)25(33)29-21-7-8-21/h4-6,9,14-16,21H,3,7-8,10-13H2,1-2H3,(H,27,34)(H,29,33). The number of hydrogen-bond donors (Lipinski definition) is 2. The first-order valence-electron chi connectivity index (χ1n) is 12.0. The molecule has 2 fully saturated rings. The van der Waals surface area contributed by atoms with Gasteiger partial charge < -0.3 is 20.4 Å². The first kappa shape index (κ1) is 22.1. The van der Waals surface area contributed by atoms with Crippen LogP contribution >= 0.6 is 0 Å². The van der Waals surface area contributed by atoms with Crippen LogP contribution in [0, 0.1) is 6.92 Å². The predicted molar refractivity (Wildman–Crippen MR) is 133 cm³/mol. The number of fused-ring (bicyclic) bond motifs is 1. The van der Waals surface area contributed by atoms with E-state index in [1.807, 2.05) is 30.0 Å². The van der Waals surface area contributed by atoms with Gasteiger partial charge in [-0.05, 0) is 67.6 Å². The number of benzene rings is 2. The van der Waals surface area contributed by atoms with Crippen molar-refractivity contribution in [2.24, 2.45) is 0 Å². The maximum atomic E-state index is 12.6. The lowest BCUT2D eigenvalue weighted by Crippen LogP contribution is -2.52. The van der Waals surface area contributed by atoms with Crippen LogP contribution in [0.1, 0.15) is 35.7 Å². The highest BCUT2D eigenvalue weighted by atomic mass is 16.2. The summed E-state index contributed by atoms with van der Waals surface area (Å²) in [6.45, 7) is 7.34. The van der Waals surface area contributed by atoms with Crippen LogP contribution in [-0.4, -0.2) is 65.8 Å². The Bertz CT molecular complexity index is 1230. The average Bonchev–Trinajstić information content (AvgIpc) is 3.68. The van der Waals surface area contributed by atoms with Gasteiger partial charge in [0, 0.05) is 55.1 Å². The summed E-state index contributed by atoms with van der Waals surface area (Å²) in [6.07, 6.45) is 3.92. The normalized spacial score (nSPS) is 15.9. The molecule has 0 spiro atoms. The molecule has 1 saturated carbocycles. The number of aromatic nitrogens is 2. The second-order valence-electron chi connectivity index (χ2n) is 9.06. The molecule has 3 aromatic rings. The van der Waals surface area contributed by atoms with Gasteiger partial charge in [0.1, 0.15) is 0 Å². The summed E-state index contributed by atoms with van der Waals surface area (Å²) in [5.41, 5.74) is 3.89. The van der Waals surface area contributed by atoms with E-state index >= 15 is 0 Å². The fourth-order valence-electron chi connectivity index (χ4n) is 4.43. The maximum absolute atomic E-state index is 12.6. The maximum Gasteiger partial charge on any atom is 0.317 e. The number of urea groups is 1. The molecule has 0 radical (unpaired) electrons. The fraction of sp³-hybridized carbons (Fsp3) is 0.385. The molecule has 3 amide bonds. The molecular weight excluding hydrogens is 428 g/mol. The van der Waals surface area contributed by atoms with E-state index in [1.165, 1.54) is 0 Å². The zero-order valence-electron chi connectivity index (χ0n) is 19.7. The average molecular weight is 459 g/mol. The van der Waals surface area contributed by atoms with Crippen LogP contribution in [0.25, 0.3) is 21.9 Å². The minimum Gasteiger partial charge on any atom is -0.351 e. The summed E-state index contributed by atoms with van der Waals surface area (Å²) in [5.74, 6) is 0.832. The van der Waals surface area contributed by atoms with Gasteiger partial charge in [-0.25, -0.2) is 4.79 Å². The second kappa shape index (κ2) is 9.29. The monoisotopic (exact) mass is 458 g/mol. The molecule has 2 aromatic carbocycles. The van der Waals surface area contributed by atoms with Gasteiger partial charge in [-0.3, -0.25) is 4.79 Å². The van der Waals surface area contributed by atoms with Crippen LogP contribution in [0.15, 0.2) is 42.6 Å². The zero-order valence-corrected chi connectivity index (χ0v) is 19.7. The van der Waals surface area contributed by atoms with Gasteiger partial charge in [-0.15, -0.1) is 5.10 Å². The van der Waals surface area contributed by atoms with Gasteiger partial charge in [0.25, 0.3) is 5.91 Å². The van der Waals surface area contributed by atoms with E-state index in [9.17, 15) is 9.59 Å². The molecule has 0 atom stereocenters. The molecule has 176 valence electrons. The lowest BCUT2D eigenvalue weighted by atomic mass is 9.96. The Morgan fingerprint density at radius 1 is 1.06 bits per heavy atom. The summed E-state index contributed by atoms with van der Waals surface area (Å²) in [7, 11) is 0. The quantitative estimate of drug-likeness (QED) is 0.612. The number of anilines is 1. The molecule has 2 aliphatic rings. The number of nitrogens with zero attached hydrogens (tertiary/aromatic N) is 4. The highest BCUT2D eigenvalue weighted by molar-refractivity contribution is 5.98. The van der Waals surface area contributed by atoms with Crippen molar-refractivity contribution >= 4 is 28.5 Å². The molecule has 1 aromatic heterocycles. The molecule has 2 heterocycles. The van der Waals surface area contributed by atoms with Crippen LogP contribution in [0.5, 0.6) is 0 Å². The molecule has 2 N–H and O–H groups in total. The fourth-order valence-corrected chi connectivity index (χ4v) is 4.43. The third-order valence-corrected chi connectivity index (χ3v) is 6.56. The lowest BCUT2D eigenvalue weighted by Gasteiger charge is -2.35. The molecule has 1 saturated heterocycles. The molecule has 1 aliphatic carbocycles. The third-order valence-electron chi connectivity index (χ3n) is 6.56. The van der Waals surface area contributed by atoms with Crippen LogP contribution in [0.3, 0.4) is 0 Å². The van der Waals surface area contributed by atoms with E-state index in [2.05, 4.69) is 50.9 Å². The van der Waals surface area contributed by atoms with Crippen molar-refractivity contribution < 1.29 is 9.59 Å². The number of carbonyl (C=O) groups excluding carboxylic acids is 2. The smallest absolute Gasteiger partial charge is 0.317 e. The third kappa shape index (κ3) is 4.53. The molecule has 1 aliphatic heterocycles. The molecular formula is C26H30N6O2. The lowest BCUT2D eigenvalue weighted by molar-refractivity contribution is 0.0951. The largest absolute Gasteiger partial charge is 0.351 e. The van der Waals surface area contributed by atoms with Crippen molar-refractivity contribution in [2.45, 2.75) is 32.7 Å². The summed E-state index contributed by atoms with van der Waals surface area (Å²) in [6, 6.07) is 12.5. The van der Waals surface area contributed by atoms with Crippen molar-refractivity contribution in [3.8, 4) is 11.1 Å². The van der Waals surface area contributed by atoms with Gasteiger partial charge >= 0.3 is 6.03 Å². The Labute approximate surface area is 199 Å². The highest BCUT2D eigenvalue weighted by Crippen LogP contribution is 2.31. The summed E-state index contributed by atoms with van der Waals surface area (Å²) >= 11 is 0. The minimum atomic E-state index is -0.0146. The number of carbonyl (C=O) groups is 2. The van der Waals surface area contributed by atoms with Gasteiger partial charge in [0.15, 0.2) is 5.82 Å². The van der Waals surface area contributed by atoms with E-state index in [0.717, 1.165) is 46.1 Å². The van der Waals surface area contributed by atoms with Crippen molar-refractivity contribution in [2.75, 3.05) is 37.6 Å². The van der Waals surface area contributed by atoms with E-state index in [0.29, 0.717) is 44.3 Å². The van der Waals surface area contributed by atoms with Crippen LogP contribution in [0.4, 0.5) is 10.6 Å². The Hall–Kier alpha value is -3.68. The predicted octanol–water partition coefficient (Wildman–Crippen LogP) is 3.35. The number of aryl methyl sites for hydroxylation is 1. The summed E-state index contributed by atoms with van der Waals surface area (Å²) < 4.78 is 0. The molecule has 8 nitrogen and oxygen atoms in total. The van der Waals surface area contributed by atoms with Gasteiger partial charge in [0.05, 0.1) is 6.20 Å². The van der Waals surface area contributed by atoms with Crippen LogP contribution in [0.2, 0.25) is 0 Å². The molecule has 0 bridgehead atoms. The second-order valence-corrected chi connectivity index (χ2v) is 9.06. The van der Waals surface area contributed by atoms with E-state index in [1.54, 1.807) is 6.20 Å². The van der Waals surface area contributed by atoms with E-state index < -0.39 is 0 Å². The Morgan fingerprint density at radius 2 is 1.85 bits per heavy atom. The van der Waals surface area contributed by atoms with E-state index in [-0.39, 0.29) is 11.9 Å². The number of rotatable bonds is 5. The summed E-state index contributed by atoms with van der Waals surface area (Å²) in [4.78, 5) is 28.7. The molecule has 5 rings (SSSR count). The van der Waals surface area contributed by atoms with Crippen molar-refractivity contribution in [3.05, 3.63) is 53.7 Å². The Balaban J connectivity index is 1.39. The number of amides is 3. The molecule has 8 heteroatoms. The topological polar surface area (TPSA) is 90.5 Å². The zero-order chi connectivity index (χ0) is 23.7. The minimum absolute atomic E-state index is 0.00977. The Morgan fingerprint density at radius 3 is 2.59 bits per heavy atom. The first-order chi connectivity index (χ1) is 16.5. The number of piperazine rings is 1. The summed E-state index contributed by atoms with van der Waals surface area (Å²) in [5, 5.41) is 16.7. The first-order valence-corrected chi connectivity index (χ1v) is 12.0. The van der Waals surface area contributed by atoms with E-state index in [4.69, 9.17) is 0 Å². The number of nitrogens with one attached hydrogen (secondary N) is 2. The SMILES string of the molecule is CCNC(=O)N1CCN(c2nncc3cc(-c4cc(C(=O)NC5CC5)ccc4C)ccc23)CC1. The van der Waals surface area contributed by atoms with Crippen LogP contribution in [-0.2, 0) is 0 Å². The van der Waals surface area contributed by atoms with Crippen molar-refractivity contribution in [3.63, 3.8) is 0 Å². The molecule has 0 unspecified atom stereocenters. The van der Waals surface area contributed by atoms with Gasteiger partial charge in [-0.1, -0.05) is 12.1 Å².